The molecule has 0 saturated carbocycles. The van der Waals surface area contributed by atoms with Crippen LogP contribution in [0.15, 0.2) is 54.6 Å². The van der Waals surface area contributed by atoms with Gasteiger partial charge in [-0.3, -0.25) is 9.59 Å². The summed E-state index contributed by atoms with van der Waals surface area (Å²) in [7, 11) is 0. The fraction of sp³-hybridized carbons (Fsp3) is 0.516. The van der Waals surface area contributed by atoms with Crippen molar-refractivity contribution in [3.8, 4) is 0 Å². The number of aliphatic hydroxyl groups is 1. The van der Waals surface area contributed by atoms with Crippen molar-refractivity contribution < 1.29 is 29.0 Å². The van der Waals surface area contributed by atoms with Crippen LogP contribution in [-0.2, 0) is 32.0 Å². The number of ether oxygens (including phenoxy) is 2. The van der Waals surface area contributed by atoms with Crippen LogP contribution in [-0.4, -0.2) is 76.5 Å². The molecule has 0 spiro atoms. The van der Waals surface area contributed by atoms with Crippen molar-refractivity contribution in [1.29, 1.82) is 0 Å². The van der Waals surface area contributed by atoms with E-state index >= 15 is 0 Å². The van der Waals surface area contributed by atoms with E-state index in [1.807, 2.05) is 89.2 Å². The standard InChI is InChI=1S/C31H43N3O6S/c1-21(2)19-39-15-16-40-30(38)33-25(17-23-12-7-6-8-13-23)26(35)29(37)34-20-41-31(4,5)27(34)28(36)32-18-24-14-10-9-11-22(24)3/h6-14,21,25-27,35H,15-20H2,1-5H3,(H,32,36)(H,33,38). The molecule has 1 fully saturated rings. The van der Waals surface area contributed by atoms with Crippen LogP contribution in [0.3, 0.4) is 0 Å². The Morgan fingerprint density at radius 2 is 1.76 bits per heavy atom. The minimum Gasteiger partial charge on any atom is -0.447 e. The minimum absolute atomic E-state index is 0.0424. The van der Waals surface area contributed by atoms with E-state index in [2.05, 4.69) is 10.6 Å². The average Bonchev–Trinajstić information content (AvgIpc) is 3.26. The Labute approximate surface area is 247 Å². The molecule has 2 aromatic rings. The number of nitrogens with zero attached hydrogens (tertiary/aromatic N) is 1. The van der Waals surface area contributed by atoms with Gasteiger partial charge in [-0.2, -0.15) is 0 Å². The van der Waals surface area contributed by atoms with Gasteiger partial charge < -0.3 is 30.1 Å². The number of aliphatic hydroxyl groups excluding tert-OH is 1. The molecule has 10 heteroatoms. The highest BCUT2D eigenvalue weighted by atomic mass is 32.2. The van der Waals surface area contributed by atoms with E-state index in [-0.39, 0.29) is 31.4 Å². The molecular weight excluding hydrogens is 542 g/mol. The first-order chi connectivity index (χ1) is 19.5. The predicted octanol–water partition coefficient (Wildman–Crippen LogP) is 3.66. The van der Waals surface area contributed by atoms with Crippen molar-refractivity contribution >= 4 is 29.7 Å². The zero-order chi connectivity index (χ0) is 30.0. The van der Waals surface area contributed by atoms with Crippen LogP contribution in [0.2, 0.25) is 0 Å². The van der Waals surface area contributed by atoms with Crippen molar-refractivity contribution in [2.24, 2.45) is 5.92 Å². The highest BCUT2D eigenvalue weighted by molar-refractivity contribution is 8.00. The third-order valence-corrected chi connectivity index (χ3v) is 8.31. The van der Waals surface area contributed by atoms with Gasteiger partial charge in [-0.15, -0.1) is 11.8 Å². The summed E-state index contributed by atoms with van der Waals surface area (Å²) in [5.41, 5.74) is 2.88. The van der Waals surface area contributed by atoms with Crippen molar-refractivity contribution in [2.75, 3.05) is 25.7 Å². The normalized spacial score (nSPS) is 17.6. The van der Waals surface area contributed by atoms with Crippen LogP contribution in [0.1, 0.15) is 44.4 Å². The molecule has 3 atom stereocenters. The van der Waals surface area contributed by atoms with Gasteiger partial charge in [-0.25, -0.2) is 4.79 Å². The second-order valence-corrected chi connectivity index (χ2v) is 12.8. The van der Waals surface area contributed by atoms with E-state index in [1.54, 1.807) is 0 Å². The second-order valence-electron chi connectivity index (χ2n) is 11.2. The first kappa shape index (κ1) is 32.4. The van der Waals surface area contributed by atoms with Gasteiger partial charge in [0.25, 0.3) is 5.91 Å². The van der Waals surface area contributed by atoms with Gasteiger partial charge in [0, 0.05) is 17.9 Å². The Morgan fingerprint density at radius 1 is 1.07 bits per heavy atom. The molecule has 3 rings (SSSR count). The van der Waals surface area contributed by atoms with Gasteiger partial charge in [-0.1, -0.05) is 68.4 Å². The molecule has 1 aliphatic rings. The van der Waals surface area contributed by atoms with Crippen molar-refractivity contribution in [2.45, 2.75) is 70.5 Å². The van der Waals surface area contributed by atoms with Crippen molar-refractivity contribution in [3.63, 3.8) is 0 Å². The first-order valence-corrected chi connectivity index (χ1v) is 15.0. The Kier molecular flexibility index (Phi) is 12.1. The van der Waals surface area contributed by atoms with Gasteiger partial charge >= 0.3 is 6.09 Å². The minimum atomic E-state index is -1.60. The fourth-order valence-electron chi connectivity index (χ4n) is 4.66. The van der Waals surface area contributed by atoms with Gasteiger partial charge in [0.15, 0.2) is 6.10 Å². The molecular formula is C31H43N3O6S. The number of aryl methyl sites for hydroxylation is 1. The van der Waals surface area contributed by atoms with Crippen molar-refractivity contribution in [1.82, 2.24) is 15.5 Å². The maximum absolute atomic E-state index is 13.7. The molecule has 0 aromatic heterocycles. The molecule has 0 radical (unpaired) electrons. The summed E-state index contributed by atoms with van der Waals surface area (Å²) in [6.45, 7) is 11.0. The number of thioether (sulfide) groups is 1. The molecule has 9 nitrogen and oxygen atoms in total. The number of nitrogens with one attached hydrogen (secondary N) is 2. The Bertz CT molecular complexity index is 1160. The van der Waals surface area contributed by atoms with Gasteiger partial charge in [0.1, 0.15) is 12.6 Å². The fourth-order valence-corrected chi connectivity index (χ4v) is 5.80. The van der Waals surface area contributed by atoms with Crippen LogP contribution in [0.5, 0.6) is 0 Å². The first-order valence-electron chi connectivity index (χ1n) is 14.0. The lowest BCUT2D eigenvalue weighted by Crippen LogP contribution is -2.58. The molecule has 0 bridgehead atoms. The number of hydrogen-bond acceptors (Lipinski definition) is 7. The Balaban J connectivity index is 1.71. The molecule has 0 aliphatic carbocycles. The molecule has 1 saturated heterocycles. The Morgan fingerprint density at radius 3 is 2.44 bits per heavy atom. The third kappa shape index (κ3) is 9.48. The zero-order valence-electron chi connectivity index (χ0n) is 24.6. The molecule has 3 unspecified atom stereocenters. The average molecular weight is 586 g/mol. The number of amides is 3. The lowest BCUT2D eigenvalue weighted by molar-refractivity contribution is -0.147. The van der Waals surface area contributed by atoms with Gasteiger partial charge in [0.2, 0.25) is 5.91 Å². The molecule has 3 N–H and O–H groups in total. The molecule has 1 aliphatic heterocycles. The number of alkyl carbamates (subject to hydrolysis) is 1. The summed E-state index contributed by atoms with van der Waals surface area (Å²) in [5.74, 6) is -0.318. The van der Waals surface area contributed by atoms with Crippen molar-refractivity contribution in [3.05, 3.63) is 71.3 Å². The number of rotatable bonds is 13. The number of hydrogen-bond donors (Lipinski definition) is 3. The Hall–Kier alpha value is -3.08. The van der Waals surface area contributed by atoms with Crippen LogP contribution in [0.4, 0.5) is 4.79 Å². The molecule has 2 aromatic carbocycles. The monoisotopic (exact) mass is 585 g/mol. The second kappa shape index (κ2) is 15.2. The number of benzene rings is 2. The van der Waals surface area contributed by atoms with Crippen LogP contribution >= 0.6 is 11.8 Å². The zero-order valence-corrected chi connectivity index (χ0v) is 25.4. The number of carbonyl (C=O) groups excluding carboxylic acids is 3. The highest BCUT2D eigenvalue weighted by Gasteiger charge is 2.49. The smallest absolute Gasteiger partial charge is 0.407 e. The maximum Gasteiger partial charge on any atom is 0.407 e. The third-order valence-electron chi connectivity index (χ3n) is 6.94. The lowest BCUT2D eigenvalue weighted by Gasteiger charge is -2.33. The van der Waals surface area contributed by atoms with Gasteiger partial charge in [-0.05, 0) is 49.8 Å². The molecule has 3 amide bonds. The van der Waals surface area contributed by atoms with Crippen LogP contribution < -0.4 is 10.6 Å². The van der Waals surface area contributed by atoms with E-state index in [4.69, 9.17) is 9.47 Å². The molecule has 1 heterocycles. The summed E-state index contributed by atoms with van der Waals surface area (Å²) >= 11 is 1.47. The highest BCUT2D eigenvalue weighted by Crippen LogP contribution is 2.40. The predicted molar refractivity (Wildman–Crippen MR) is 160 cm³/mol. The summed E-state index contributed by atoms with van der Waals surface area (Å²) in [6.07, 6.45) is -2.16. The van der Waals surface area contributed by atoms with E-state index in [1.165, 1.54) is 16.7 Å². The molecule has 41 heavy (non-hydrogen) atoms. The summed E-state index contributed by atoms with van der Waals surface area (Å²) in [6, 6.07) is 15.3. The van der Waals surface area contributed by atoms with E-state index in [0.717, 1.165) is 16.7 Å². The van der Waals surface area contributed by atoms with E-state index < -0.39 is 34.9 Å². The summed E-state index contributed by atoms with van der Waals surface area (Å²) in [5, 5.41) is 16.9. The maximum atomic E-state index is 13.7. The van der Waals surface area contributed by atoms with E-state index in [0.29, 0.717) is 19.1 Å². The molecule has 224 valence electrons. The quantitative estimate of drug-likeness (QED) is 0.307. The number of carbonyl (C=O) groups is 3. The summed E-state index contributed by atoms with van der Waals surface area (Å²) < 4.78 is 10.1. The summed E-state index contributed by atoms with van der Waals surface area (Å²) in [4.78, 5) is 41.2. The van der Waals surface area contributed by atoms with Crippen LogP contribution in [0, 0.1) is 12.8 Å². The van der Waals surface area contributed by atoms with Crippen LogP contribution in [0.25, 0.3) is 0 Å². The topological polar surface area (TPSA) is 117 Å². The lowest BCUT2D eigenvalue weighted by atomic mass is 9.97. The van der Waals surface area contributed by atoms with E-state index in [9.17, 15) is 19.5 Å². The largest absolute Gasteiger partial charge is 0.447 e. The SMILES string of the molecule is Cc1ccccc1CNC(=O)C1N(C(=O)C(O)C(Cc2ccccc2)NC(=O)OCCOCC(C)C)CSC1(C)C. The van der Waals surface area contributed by atoms with Gasteiger partial charge in [0.05, 0.1) is 18.5 Å².